The molecule has 0 atom stereocenters. The minimum Gasteiger partial charge on any atom is -0.338 e. The molecule has 0 radical (unpaired) electrons. The summed E-state index contributed by atoms with van der Waals surface area (Å²) in [6, 6.07) is 14.9. The number of carbonyl (C=O) groups is 2. The molecule has 1 aromatic heterocycles. The van der Waals surface area contributed by atoms with E-state index in [0.717, 1.165) is 23.3 Å². The van der Waals surface area contributed by atoms with E-state index in [1.165, 1.54) is 24.3 Å². The Morgan fingerprint density at radius 1 is 0.964 bits per heavy atom. The predicted molar refractivity (Wildman–Crippen MR) is 105 cm³/mol. The summed E-state index contributed by atoms with van der Waals surface area (Å²) in [4.78, 5) is 24.0. The zero-order valence-corrected chi connectivity index (χ0v) is 15.6. The summed E-state index contributed by atoms with van der Waals surface area (Å²) in [5.41, 5.74) is 1.60. The van der Waals surface area contributed by atoms with Gasteiger partial charge < -0.3 is 16.0 Å². The Balaban J connectivity index is 1.41. The first kappa shape index (κ1) is 19.4. The van der Waals surface area contributed by atoms with E-state index in [-0.39, 0.29) is 23.4 Å². The number of nitrogens with zero attached hydrogens (tertiary/aromatic N) is 2. The Labute approximate surface area is 165 Å². The van der Waals surface area contributed by atoms with Crippen molar-refractivity contribution in [1.82, 2.24) is 20.8 Å². The number of anilines is 1. The lowest BCUT2D eigenvalue weighted by Gasteiger charge is -2.06. The normalized spacial score (nSPS) is 10.3. The average molecular weight is 399 g/mol. The van der Waals surface area contributed by atoms with Crippen LogP contribution in [-0.2, 0) is 13.0 Å². The molecule has 0 aliphatic carbocycles. The smallest absolute Gasteiger partial charge is 0.315 e. The number of carbonyl (C=O) groups excluding carboxylic acids is 2. The number of aromatic nitrogens is 2. The van der Waals surface area contributed by atoms with Crippen LogP contribution in [0.15, 0.2) is 54.6 Å². The van der Waals surface area contributed by atoms with Crippen molar-refractivity contribution in [1.29, 1.82) is 0 Å². The maximum Gasteiger partial charge on any atom is 0.315 e. The summed E-state index contributed by atoms with van der Waals surface area (Å²) < 4.78 is 12.9. The number of benzene rings is 2. The van der Waals surface area contributed by atoms with Gasteiger partial charge in [-0.15, -0.1) is 10.2 Å². The fourth-order valence-corrected chi connectivity index (χ4v) is 2.99. The van der Waals surface area contributed by atoms with Crippen LogP contribution in [0.3, 0.4) is 0 Å². The summed E-state index contributed by atoms with van der Waals surface area (Å²) in [7, 11) is 0. The molecule has 0 bridgehead atoms. The zero-order valence-electron chi connectivity index (χ0n) is 14.8. The van der Waals surface area contributed by atoms with Gasteiger partial charge in [-0.25, -0.2) is 9.18 Å². The predicted octanol–water partition coefficient (Wildman–Crippen LogP) is 2.97. The number of nitrogens with one attached hydrogen (secondary N) is 3. The van der Waals surface area contributed by atoms with Crippen molar-refractivity contribution in [3.8, 4) is 0 Å². The molecule has 3 rings (SSSR count). The van der Waals surface area contributed by atoms with Crippen molar-refractivity contribution in [2.45, 2.75) is 13.0 Å². The second-order valence-electron chi connectivity index (χ2n) is 5.81. The Morgan fingerprint density at radius 3 is 2.46 bits per heavy atom. The number of amides is 3. The lowest BCUT2D eigenvalue weighted by Crippen LogP contribution is -2.36. The molecule has 28 heavy (non-hydrogen) atoms. The first-order valence-corrected chi connectivity index (χ1v) is 9.37. The third kappa shape index (κ3) is 5.85. The molecule has 3 amide bonds. The molecule has 0 spiro atoms. The van der Waals surface area contributed by atoms with Crippen LogP contribution in [0.5, 0.6) is 0 Å². The summed E-state index contributed by atoms with van der Waals surface area (Å²) >= 11 is 1.08. The average Bonchev–Trinajstić information content (AvgIpc) is 3.18. The van der Waals surface area contributed by atoms with Crippen molar-refractivity contribution in [2.24, 2.45) is 0 Å². The van der Waals surface area contributed by atoms with Crippen LogP contribution in [0.4, 0.5) is 14.9 Å². The monoisotopic (exact) mass is 399 g/mol. The molecule has 3 N–H and O–H groups in total. The molecule has 1 heterocycles. The van der Waals surface area contributed by atoms with Gasteiger partial charge in [0, 0.05) is 12.2 Å². The number of hydrogen-bond acceptors (Lipinski definition) is 5. The second-order valence-corrected chi connectivity index (χ2v) is 6.87. The van der Waals surface area contributed by atoms with Gasteiger partial charge in [-0.05, 0) is 36.2 Å². The summed E-state index contributed by atoms with van der Waals surface area (Å²) in [6.07, 6.45) is 0.737. The minimum absolute atomic E-state index is 0.158. The number of halogens is 1. The van der Waals surface area contributed by atoms with Gasteiger partial charge in [0.15, 0.2) is 0 Å². The zero-order chi connectivity index (χ0) is 19.8. The van der Waals surface area contributed by atoms with E-state index in [4.69, 9.17) is 0 Å². The van der Waals surface area contributed by atoms with Crippen LogP contribution >= 0.6 is 11.3 Å². The maximum atomic E-state index is 12.9. The van der Waals surface area contributed by atoms with E-state index in [9.17, 15) is 14.0 Å². The lowest BCUT2D eigenvalue weighted by molar-refractivity contribution is 0.102. The van der Waals surface area contributed by atoms with Gasteiger partial charge in [0.05, 0.1) is 6.54 Å². The van der Waals surface area contributed by atoms with E-state index >= 15 is 0 Å². The molecular formula is C19H18FN5O2S. The van der Waals surface area contributed by atoms with Crippen LogP contribution in [0.2, 0.25) is 0 Å². The molecular weight excluding hydrogens is 381 g/mol. The van der Waals surface area contributed by atoms with E-state index < -0.39 is 5.91 Å². The molecule has 0 unspecified atom stereocenters. The second kappa shape index (κ2) is 9.56. The van der Waals surface area contributed by atoms with Crippen molar-refractivity contribution in [3.63, 3.8) is 0 Å². The largest absolute Gasteiger partial charge is 0.338 e. The minimum atomic E-state index is -0.442. The number of rotatable bonds is 7. The van der Waals surface area contributed by atoms with E-state index in [0.29, 0.717) is 17.2 Å². The SMILES string of the molecule is O=C(NCCc1ccccc1)NCc1nnc(C(=O)Nc2ccc(F)cc2)s1. The van der Waals surface area contributed by atoms with Crippen molar-refractivity contribution in [3.05, 3.63) is 76.0 Å². The van der Waals surface area contributed by atoms with Gasteiger partial charge in [0.2, 0.25) is 5.01 Å². The summed E-state index contributed by atoms with van der Waals surface area (Å²) in [5, 5.41) is 16.4. The Morgan fingerprint density at radius 2 is 1.71 bits per heavy atom. The molecule has 0 saturated heterocycles. The molecule has 0 aliphatic heterocycles. The van der Waals surface area contributed by atoms with Crippen molar-refractivity contribution >= 4 is 29.0 Å². The highest BCUT2D eigenvalue weighted by molar-refractivity contribution is 7.13. The molecule has 144 valence electrons. The van der Waals surface area contributed by atoms with Crippen molar-refractivity contribution in [2.75, 3.05) is 11.9 Å². The van der Waals surface area contributed by atoms with Crippen LogP contribution < -0.4 is 16.0 Å². The Hall–Kier alpha value is -3.33. The molecule has 0 fully saturated rings. The molecule has 0 saturated carbocycles. The highest BCUT2D eigenvalue weighted by Crippen LogP contribution is 2.14. The molecule has 2 aromatic carbocycles. The van der Waals surface area contributed by atoms with Gasteiger partial charge in [-0.1, -0.05) is 41.7 Å². The first-order valence-electron chi connectivity index (χ1n) is 8.55. The molecule has 9 heteroatoms. The van der Waals surface area contributed by atoms with Gasteiger partial charge in [0.1, 0.15) is 10.8 Å². The van der Waals surface area contributed by atoms with Crippen molar-refractivity contribution < 1.29 is 14.0 Å². The summed E-state index contributed by atoms with van der Waals surface area (Å²) in [6.45, 7) is 0.677. The van der Waals surface area contributed by atoms with Gasteiger partial charge >= 0.3 is 6.03 Å². The molecule has 7 nitrogen and oxygen atoms in total. The third-order valence-electron chi connectivity index (χ3n) is 3.71. The summed E-state index contributed by atoms with van der Waals surface area (Å²) in [5.74, 6) is -0.827. The quantitative estimate of drug-likeness (QED) is 0.569. The fraction of sp³-hybridized carbons (Fsp3) is 0.158. The van der Waals surface area contributed by atoms with Crippen LogP contribution in [0, 0.1) is 5.82 Å². The highest BCUT2D eigenvalue weighted by Gasteiger charge is 2.13. The van der Waals surface area contributed by atoms with E-state index in [1.807, 2.05) is 30.3 Å². The number of urea groups is 1. The highest BCUT2D eigenvalue weighted by atomic mass is 32.1. The Bertz CT molecular complexity index is 931. The number of hydrogen-bond donors (Lipinski definition) is 3. The lowest BCUT2D eigenvalue weighted by atomic mass is 10.1. The van der Waals surface area contributed by atoms with Gasteiger partial charge in [-0.2, -0.15) is 0 Å². The fourth-order valence-electron chi connectivity index (χ4n) is 2.32. The van der Waals surface area contributed by atoms with Gasteiger partial charge in [0.25, 0.3) is 5.91 Å². The van der Waals surface area contributed by atoms with Crippen LogP contribution in [-0.4, -0.2) is 28.7 Å². The molecule has 0 aliphatic rings. The maximum absolute atomic E-state index is 12.9. The topological polar surface area (TPSA) is 96.0 Å². The molecule has 3 aromatic rings. The van der Waals surface area contributed by atoms with E-state index in [2.05, 4.69) is 26.1 Å². The first-order chi connectivity index (χ1) is 13.6. The van der Waals surface area contributed by atoms with Crippen LogP contribution in [0.25, 0.3) is 0 Å². The van der Waals surface area contributed by atoms with Crippen LogP contribution in [0.1, 0.15) is 20.4 Å². The standard InChI is InChI=1S/C19H18FN5O2S/c20-14-6-8-15(9-7-14)23-17(26)18-25-24-16(28-18)12-22-19(27)21-11-10-13-4-2-1-3-5-13/h1-9H,10-12H2,(H,23,26)(H2,21,22,27). The third-order valence-corrected chi connectivity index (χ3v) is 4.63. The van der Waals surface area contributed by atoms with Gasteiger partial charge in [-0.3, -0.25) is 4.79 Å². The Kier molecular flexibility index (Phi) is 6.64. The van der Waals surface area contributed by atoms with E-state index in [1.54, 1.807) is 0 Å².